The average Bonchev–Trinajstić information content (AvgIpc) is 2.90. The fourth-order valence-electron chi connectivity index (χ4n) is 5.19. The van der Waals surface area contributed by atoms with Crippen LogP contribution in [0.3, 0.4) is 0 Å². The summed E-state index contributed by atoms with van der Waals surface area (Å²) in [5.74, 6) is 0.355. The molecule has 0 aliphatic carbocycles. The number of rotatable bonds is 9. The highest BCUT2D eigenvalue weighted by atomic mass is 19.1. The highest BCUT2D eigenvalue weighted by Gasteiger charge is 2.41. The summed E-state index contributed by atoms with van der Waals surface area (Å²) in [5, 5.41) is 0. The average molecular weight is 505 g/mol. The fraction of sp³-hybridized carbons (Fsp3) is 0.367. The first kappa shape index (κ1) is 25.2. The molecule has 0 saturated carbocycles. The van der Waals surface area contributed by atoms with Crippen LogP contribution in [0.15, 0.2) is 60.7 Å². The van der Waals surface area contributed by atoms with E-state index < -0.39 is 6.04 Å². The van der Waals surface area contributed by atoms with E-state index in [0.717, 1.165) is 61.5 Å². The minimum absolute atomic E-state index is 0.138. The van der Waals surface area contributed by atoms with Crippen LogP contribution in [0.5, 0.6) is 5.75 Å². The monoisotopic (exact) mass is 504 g/mol. The zero-order valence-corrected chi connectivity index (χ0v) is 21.1. The number of benzene rings is 3. The summed E-state index contributed by atoms with van der Waals surface area (Å²) in [7, 11) is 0. The first-order valence-corrected chi connectivity index (χ1v) is 12.7. The maximum absolute atomic E-state index is 15.5. The Morgan fingerprint density at radius 3 is 2.57 bits per heavy atom. The number of nitrogens with two attached hydrogens (primary N) is 1. The first-order valence-electron chi connectivity index (χ1n) is 12.7. The molecule has 0 amide bonds. The van der Waals surface area contributed by atoms with E-state index in [1.807, 2.05) is 36.4 Å². The predicted octanol–water partition coefficient (Wildman–Crippen LogP) is 5.38. The van der Waals surface area contributed by atoms with Crippen molar-refractivity contribution < 1.29 is 23.4 Å². The molecule has 194 valence electrons. The predicted molar refractivity (Wildman–Crippen MR) is 141 cm³/mol. The van der Waals surface area contributed by atoms with E-state index in [9.17, 15) is 4.79 Å². The summed E-state index contributed by atoms with van der Waals surface area (Å²) >= 11 is 0. The standard InChI is InChI=1S/C30H33FN2O4/c1-21(32)26-6-4-7-27(29(26)31)24-13-22(16-37-28-8-3-2-5-23(28)17-35-20-34)14-25(15-24)33-11-9-30(10-12-33)18-36-19-30/h2-8,13-15,20-21H,9-12,16-19,32H2,1H3. The van der Waals surface area contributed by atoms with Crippen molar-refractivity contribution in [1.82, 2.24) is 0 Å². The molecule has 5 rings (SSSR count). The molecule has 7 heteroatoms. The van der Waals surface area contributed by atoms with Crippen molar-refractivity contribution in [2.24, 2.45) is 11.1 Å². The van der Waals surface area contributed by atoms with Gasteiger partial charge >= 0.3 is 0 Å². The Bertz CT molecular complexity index is 1250. The Hall–Kier alpha value is -3.42. The smallest absolute Gasteiger partial charge is 0.293 e. The number of ether oxygens (including phenoxy) is 3. The van der Waals surface area contributed by atoms with Gasteiger partial charge in [-0.25, -0.2) is 4.39 Å². The number of hydrogen-bond acceptors (Lipinski definition) is 6. The quantitative estimate of drug-likeness (QED) is 0.395. The molecule has 6 nitrogen and oxygen atoms in total. The van der Waals surface area contributed by atoms with E-state index in [1.165, 1.54) is 0 Å². The molecule has 3 aromatic carbocycles. The van der Waals surface area contributed by atoms with Crippen LogP contribution in [0, 0.1) is 11.2 Å². The van der Waals surface area contributed by atoms with Crippen molar-refractivity contribution >= 4 is 12.2 Å². The van der Waals surface area contributed by atoms with E-state index in [2.05, 4.69) is 17.0 Å². The van der Waals surface area contributed by atoms with Crippen LogP contribution in [-0.4, -0.2) is 32.8 Å². The summed E-state index contributed by atoms with van der Waals surface area (Å²) in [6.07, 6.45) is 2.17. The summed E-state index contributed by atoms with van der Waals surface area (Å²) in [5.41, 5.74) is 10.9. The van der Waals surface area contributed by atoms with Crippen LogP contribution in [0.2, 0.25) is 0 Å². The van der Waals surface area contributed by atoms with Crippen molar-refractivity contribution in [3.63, 3.8) is 0 Å². The van der Waals surface area contributed by atoms with Gasteiger partial charge in [-0.15, -0.1) is 0 Å². The van der Waals surface area contributed by atoms with E-state index in [-0.39, 0.29) is 12.4 Å². The van der Waals surface area contributed by atoms with Crippen LogP contribution >= 0.6 is 0 Å². The number of piperidine rings is 1. The largest absolute Gasteiger partial charge is 0.488 e. The number of para-hydroxylation sites is 1. The van der Waals surface area contributed by atoms with Gasteiger partial charge in [-0.1, -0.05) is 36.4 Å². The van der Waals surface area contributed by atoms with Gasteiger partial charge in [0, 0.05) is 46.9 Å². The molecule has 3 aromatic rings. The molecular formula is C30H33FN2O4. The van der Waals surface area contributed by atoms with Crippen molar-refractivity contribution in [1.29, 1.82) is 0 Å². The van der Waals surface area contributed by atoms with Gasteiger partial charge in [-0.3, -0.25) is 4.79 Å². The molecule has 2 aliphatic rings. The molecule has 2 fully saturated rings. The molecule has 1 unspecified atom stereocenters. The van der Waals surface area contributed by atoms with Crippen molar-refractivity contribution in [3.05, 3.63) is 83.2 Å². The number of carbonyl (C=O) groups excluding carboxylic acids is 1. The van der Waals surface area contributed by atoms with Gasteiger partial charge in [0.25, 0.3) is 6.47 Å². The third-order valence-corrected chi connectivity index (χ3v) is 7.49. The summed E-state index contributed by atoms with van der Waals surface area (Å²) < 4.78 is 32.1. The zero-order chi connectivity index (χ0) is 25.8. The van der Waals surface area contributed by atoms with Gasteiger partial charge in [-0.2, -0.15) is 0 Å². The maximum Gasteiger partial charge on any atom is 0.293 e. The van der Waals surface area contributed by atoms with Crippen molar-refractivity contribution in [2.45, 2.75) is 39.0 Å². The number of carbonyl (C=O) groups is 1. The number of anilines is 1. The summed E-state index contributed by atoms with van der Waals surface area (Å²) in [6.45, 7) is 6.21. The number of hydrogen-bond donors (Lipinski definition) is 1. The minimum atomic E-state index is -0.404. The maximum atomic E-state index is 15.5. The molecule has 0 aromatic heterocycles. The summed E-state index contributed by atoms with van der Waals surface area (Å²) in [4.78, 5) is 13.0. The topological polar surface area (TPSA) is 74.0 Å². The van der Waals surface area contributed by atoms with Crippen LogP contribution in [0.4, 0.5) is 10.1 Å². The van der Waals surface area contributed by atoms with Gasteiger partial charge in [0.1, 0.15) is 24.8 Å². The minimum Gasteiger partial charge on any atom is -0.488 e. The van der Waals surface area contributed by atoms with Crippen molar-refractivity contribution in [2.75, 3.05) is 31.2 Å². The molecule has 0 bridgehead atoms. The highest BCUT2D eigenvalue weighted by Crippen LogP contribution is 2.40. The van der Waals surface area contributed by atoms with Crippen LogP contribution in [0.1, 0.15) is 42.5 Å². The van der Waals surface area contributed by atoms with Gasteiger partial charge in [0.05, 0.1) is 13.2 Å². The molecular weight excluding hydrogens is 471 g/mol. The van der Waals surface area contributed by atoms with Crippen LogP contribution in [-0.2, 0) is 27.5 Å². The third-order valence-electron chi connectivity index (χ3n) is 7.49. The molecule has 2 saturated heterocycles. The lowest BCUT2D eigenvalue weighted by Crippen LogP contribution is -2.50. The lowest BCUT2D eigenvalue weighted by atomic mass is 9.76. The lowest BCUT2D eigenvalue weighted by molar-refractivity contribution is -0.129. The normalized spacial score (nSPS) is 17.2. The Kier molecular flexibility index (Phi) is 7.44. The Balaban J connectivity index is 1.46. The summed E-state index contributed by atoms with van der Waals surface area (Å²) in [6, 6.07) is 18.6. The second kappa shape index (κ2) is 10.9. The Morgan fingerprint density at radius 1 is 1.08 bits per heavy atom. The first-order chi connectivity index (χ1) is 18.0. The van der Waals surface area contributed by atoms with E-state index >= 15 is 4.39 Å². The fourth-order valence-corrected chi connectivity index (χ4v) is 5.19. The SMILES string of the molecule is CC(N)c1cccc(-c2cc(COc3ccccc3COC=O)cc(N3CCC4(CC3)COC4)c2)c1F. The van der Waals surface area contributed by atoms with Crippen molar-refractivity contribution in [3.8, 4) is 16.9 Å². The van der Waals surface area contributed by atoms with E-state index in [0.29, 0.717) is 35.4 Å². The highest BCUT2D eigenvalue weighted by molar-refractivity contribution is 5.71. The second-order valence-electron chi connectivity index (χ2n) is 10.2. The molecule has 2 N–H and O–H groups in total. The molecule has 0 radical (unpaired) electrons. The molecule has 37 heavy (non-hydrogen) atoms. The van der Waals surface area contributed by atoms with Gasteiger partial charge in [0.2, 0.25) is 0 Å². The van der Waals surface area contributed by atoms with Crippen LogP contribution < -0.4 is 15.4 Å². The molecule has 2 heterocycles. The second-order valence-corrected chi connectivity index (χ2v) is 10.2. The van der Waals surface area contributed by atoms with Gasteiger partial charge in [0.15, 0.2) is 0 Å². The lowest BCUT2D eigenvalue weighted by Gasteiger charge is -2.48. The number of halogens is 1. The van der Waals surface area contributed by atoms with Crippen LogP contribution in [0.25, 0.3) is 11.1 Å². The number of nitrogens with zero attached hydrogens (tertiary/aromatic N) is 1. The van der Waals surface area contributed by atoms with Gasteiger partial charge in [-0.05, 0) is 55.2 Å². The Labute approximate surface area is 217 Å². The molecule has 2 aliphatic heterocycles. The third kappa shape index (κ3) is 5.48. The molecule has 1 spiro atoms. The molecule has 1 atom stereocenters. The Morgan fingerprint density at radius 2 is 1.86 bits per heavy atom. The van der Waals surface area contributed by atoms with Gasteiger partial charge < -0.3 is 24.8 Å². The zero-order valence-electron chi connectivity index (χ0n) is 21.1. The van der Waals surface area contributed by atoms with E-state index in [1.54, 1.807) is 19.1 Å². The van der Waals surface area contributed by atoms with E-state index in [4.69, 9.17) is 19.9 Å².